The zero-order valence-electron chi connectivity index (χ0n) is 8.46. The third-order valence-corrected chi connectivity index (χ3v) is 1.82. The van der Waals surface area contributed by atoms with Crippen LogP contribution in [0.2, 0.25) is 0 Å². The minimum Gasteiger partial charge on any atom is -0.491 e. The maximum atomic E-state index is 12.1. The molecular formula is C9H8F3NO3. The van der Waals surface area contributed by atoms with Gasteiger partial charge in [0.15, 0.2) is 17.8 Å². The number of halogens is 3. The molecule has 0 bridgehead atoms. The minimum absolute atomic E-state index is 0.0216. The van der Waals surface area contributed by atoms with Gasteiger partial charge in [0.25, 0.3) is 0 Å². The van der Waals surface area contributed by atoms with Crippen molar-refractivity contribution >= 4 is 6.29 Å². The van der Waals surface area contributed by atoms with Gasteiger partial charge in [0.1, 0.15) is 5.69 Å². The van der Waals surface area contributed by atoms with Crippen LogP contribution in [-0.2, 0) is 0 Å². The van der Waals surface area contributed by atoms with Gasteiger partial charge in [-0.05, 0) is 6.92 Å². The fourth-order valence-electron chi connectivity index (χ4n) is 1.09. The summed E-state index contributed by atoms with van der Waals surface area (Å²) in [7, 11) is 1.18. The summed E-state index contributed by atoms with van der Waals surface area (Å²) in [5, 5.41) is 0. The monoisotopic (exact) mass is 235 g/mol. The van der Waals surface area contributed by atoms with E-state index < -0.39 is 12.1 Å². The Bertz CT molecular complexity index is 404. The maximum Gasteiger partial charge on any atom is 0.573 e. The summed E-state index contributed by atoms with van der Waals surface area (Å²) in [5.74, 6) is -0.729. The molecule has 0 aliphatic carbocycles. The molecule has 0 unspecified atom stereocenters. The number of carbonyl (C=O) groups excluding carboxylic acids is 1. The van der Waals surface area contributed by atoms with Crippen LogP contribution in [0.5, 0.6) is 11.5 Å². The van der Waals surface area contributed by atoms with Crippen LogP contribution in [0, 0.1) is 6.92 Å². The summed E-state index contributed by atoms with van der Waals surface area (Å²) in [6.07, 6.45) is -3.50. The highest BCUT2D eigenvalue weighted by Gasteiger charge is 2.33. The maximum absolute atomic E-state index is 12.1. The van der Waals surface area contributed by atoms with Crippen LogP contribution in [0.4, 0.5) is 13.2 Å². The number of pyridine rings is 1. The number of aldehydes is 1. The Morgan fingerprint density at radius 1 is 1.44 bits per heavy atom. The van der Waals surface area contributed by atoms with Crippen LogP contribution in [0.25, 0.3) is 0 Å². The second-order valence-electron chi connectivity index (χ2n) is 2.83. The fraction of sp³-hybridized carbons (Fsp3) is 0.333. The van der Waals surface area contributed by atoms with E-state index in [2.05, 4.69) is 14.5 Å². The van der Waals surface area contributed by atoms with Crippen LogP contribution in [0.1, 0.15) is 16.1 Å². The molecule has 0 fully saturated rings. The molecule has 0 atom stereocenters. The van der Waals surface area contributed by atoms with Gasteiger partial charge in [-0.3, -0.25) is 4.79 Å². The van der Waals surface area contributed by atoms with Crippen LogP contribution in [0.3, 0.4) is 0 Å². The highest BCUT2D eigenvalue weighted by Crippen LogP contribution is 2.35. The van der Waals surface area contributed by atoms with E-state index in [1.54, 1.807) is 0 Å². The number of aromatic nitrogens is 1. The molecule has 0 aliphatic rings. The van der Waals surface area contributed by atoms with E-state index >= 15 is 0 Å². The molecule has 1 aromatic heterocycles. The molecule has 1 heterocycles. The van der Waals surface area contributed by atoms with Crippen molar-refractivity contribution in [2.75, 3.05) is 7.11 Å². The molecule has 7 heteroatoms. The van der Waals surface area contributed by atoms with Crippen LogP contribution in [0.15, 0.2) is 6.20 Å². The van der Waals surface area contributed by atoms with Gasteiger partial charge in [-0.15, -0.1) is 13.2 Å². The molecule has 0 saturated carbocycles. The quantitative estimate of drug-likeness (QED) is 0.753. The summed E-state index contributed by atoms with van der Waals surface area (Å²) < 4.78 is 44.7. The molecular weight excluding hydrogens is 227 g/mol. The first-order valence-corrected chi connectivity index (χ1v) is 4.13. The predicted molar refractivity (Wildman–Crippen MR) is 47.6 cm³/mol. The van der Waals surface area contributed by atoms with Gasteiger partial charge in [-0.25, -0.2) is 4.98 Å². The van der Waals surface area contributed by atoms with Gasteiger partial charge < -0.3 is 9.47 Å². The van der Waals surface area contributed by atoms with Gasteiger partial charge in [0, 0.05) is 5.56 Å². The number of alkyl halides is 3. The molecule has 4 nitrogen and oxygen atoms in total. The lowest BCUT2D eigenvalue weighted by atomic mass is 10.2. The Morgan fingerprint density at radius 3 is 2.50 bits per heavy atom. The molecule has 0 amide bonds. The molecule has 0 N–H and O–H groups in total. The van der Waals surface area contributed by atoms with Gasteiger partial charge in [-0.2, -0.15) is 0 Å². The average molecular weight is 235 g/mol. The SMILES string of the molecule is COc1cnc(C=O)c(C)c1OC(F)(F)F. The highest BCUT2D eigenvalue weighted by atomic mass is 19.4. The van der Waals surface area contributed by atoms with Crippen molar-refractivity contribution in [2.45, 2.75) is 13.3 Å². The largest absolute Gasteiger partial charge is 0.573 e. The van der Waals surface area contributed by atoms with Crippen molar-refractivity contribution < 1.29 is 27.4 Å². The van der Waals surface area contributed by atoms with Crippen molar-refractivity contribution in [1.82, 2.24) is 4.98 Å². The van der Waals surface area contributed by atoms with E-state index in [0.29, 0.717) is 6.29 Å². The normalized spacial score (nSPS) is 11.1. The van der Waals surface area contributed by atoms with Crippen LogP contribution < -0.4 is 9.47 Å². The second-order valence-corrected chi connectivity index (χ2v) is 2.83. The standard InChI is InChI=1S/C9H8F3NO3/c1-5-6(4-14)13-3-7(15-2)8(5)16-9(10,11)12/h3-4H,1-2H3. The van der Waals surface area contributed by atoms with Crippen LogP contribution >= 0.6 is 0 Å². The Morgan fingerprint density at radius 2 is 2.06 bits per heavy atom. The summed E-state index contributed by atoms with van der Waals surface area (Å²) in [6, 6.07) is 0. The first-order chi connectivity index (χ1) is 7.39. The molecule has 88 valence electrons. The fourth-order valence-corrected chi connectivity index (χ4v) is 1.09. The van der Waals surface area contributed by atoms with Gasteiger partial charge in [-0.1, -0.05) is 0 Å². The number of carbonyl (C=O) groups is 1. The molecule has 0 saturated heterocycles. The lowest BCUT2D eigenvalue weighted by Crippen LogP contribution is -2.19. The minimum atomic E-state index is -4.85. The molecule has 1 rings (SSSR count). The Balaban J connectivity index is 3.26. The lowest BCUT2D eigenvalue weighted by molar-refractivity contribution is -0.275. The first-order valence-electron chi connectivity index (χ1n) is 4.13. The number of rotatable bonds is 3. The third-order valence-electron chi connectivity index (χ3n) is 1.82. The molecule has 16 heavy (non-hydrogen) atoms. The second kappa shape index (κ2) is 4.38. The zero-order chi connectivity index (χ0) is 12.3. The Hall–Kier alpha value is -1.79. The van der Waals surface area contributed by atoms with Gasteiger partial charge in [0.05, 0.1) is 13.3 Å². The summed E-state index contributed by atoms with van der Waals surface area (Å²) in [4.78, 5) is 14.1. The average Bonchev–Trinajstić information content (AvgIpc) is 2.19. The summed E-state index contributed by atoms with van der Waals surface area (Å²) in [6.45, 7) is 1.29. The number of ether oxygens (including phenoxy) is 2. The van der Waals surface area contributed by atoms with E-state index in [1.165, 1.54) is 14.0 Å². The first kappa shape index (κ1) is 12.3. The summed E-state index contributed by atoms with van der Waals surface area (Å²) >= 11 is 0. The molecule has 0 aliphatic heterocycles. The predicted octanol–water partition coefficient (Wildman–Crippen LogP) is 2.11. The highest BCUT2D eigenvalue weighted by molar-refractivity contribution is 5.76. The number of hydrogen-bond acceptors (Lipinski definition) is 4. The van der Waals surface area contributed by atoms with E-state index in [4.69, 9.17) is 0 Å². The van der Waals surface area contributed by atoms with E-state index in [1.807, 2.05) is 0 Å². The smallest absolute Gasteiger partial charge is 0.491 e. The van der Waals surface area contributed by atoms with Crippen molar-refractivity contribution in [1.29, 1.82) is 0 Å². The molecule has 1 aromatic rings. The number of hydrogen-bond donors (Lipinski definition) is 0. The van der Waals surface area contributed by atoms with E-state index in [-0.39, 0.29) is 17.0 Å². The van der Waals surface area contributed by atoms with E-state index in [0.717, 1.165) is 6.20 Å². The van der Waals surface area contributed by atoms with Crippen molar-refractivity contribution in [2.24, 2.45) is 0 Å². The topological polar surface area (TPSA) is 48.4 Å². The Kier molecular flexibility index (Phi) is 3.36. The van der Waals surface area contributed by atoms with Crippen molar-refractivity contribution in [3.63, 3.8) is 0 Å². The molecule has 0 radical (unpaired) electrons. The zero-order valence-corrected chi connectivity index (χ0v) is 8.46. The van der Waals surface area contributed by atoms with Gasteiger partial charge >= 0.3 is 6.36 Å². The van der Waals surface area contributed by atoms with Crippen molar-refractivity contribution in [3.8, 4) is 11.5 Å². The number of methoxy groups -OCH3 is 1. The molecule has 0 spiro atoms. The summed E-state index contributed by atoms with van der Waals surface area (Å²) in [5.41, 5.74) is -0.147. The Labute approximate surface area is 89.0 Å². The molecule has 0 aromatic carbocycles. The number of nitrogens with zero attached hydrogens (tertiary/aromatic N) is 1. The van der Waals surface area contributed by atoms with Crippen LogP contribution in [-0.4, -0.2) is 24.7 Å². The third kappa shape index (κ3) is 2.62. The van der Waals surface area contributed by atoms with Crippen molar-refractivity contribution in [3.05, 3.63) is 17.5 Å². The lowest BCUT2D eigenvalue weighted by Gasteiger charge is -2.14. The van der Waals surface area contributed by atoms with E-state index in [9.17, 15) is 18.0 Å². The van der Waals surface area contributed by atoms with Gasteiger partial charge in [0.2, 0.25) is 0 Å².